The summed E-state index contributed by atoms with van der Waals surface area (Å²) >= 11 is 0. The third kappa shape index (κ3) is 3.91. The van der Waals surface area contributed by atoms with E-state index in [2.05, 4.69) is 10.2 Å². The number of H-pyrrole nitrogens is 1. The predicted molar refractivity (Wildman–Crippen MR) is 62.6 cm³/mol. The van der Waals surface area contributed by atoms with E-state index in [1.54, 1.807) is 0 Å². The van der Waals surface area contributed by atoms with Crippen molar-refractivity contribution in [1.82, 2.24) is 15.5 Å². The molecule has 4 N–H and O–H groups in total. The Morgan fingerprint density at radius 3 is 2.48 bits per heavy atom. The monoisotopic (exact) mass is 332 g/mol. The number of aromatic amines is 1. The number of alkyl halides is 4. The highest BCUT2D eigenvalue weighted by molar-refractivity contribution is 7.89. The van der Waals surface area contributed by atoms with Crippen LogP contribution in [0.25, 0.3) is 0 Å². The molecule has 0 spiro atoms. The Kier molecular flexibility index (Phi) is 4.94. The predicted octanol–water partition coefficient (Wildman–Crippen LogP) is 0.250. The molecular formula is C9H12F4N4O3S. The van der Waals surface area contributed by atoms with Crippen molar-refractivity contribution < 1.29 is 30.8 Å². The fraction of sp³-hybridized carbons (Fsp3) is 0.556. The van der Waals surface area contributed by atoms with E-state index in [0.29, 0.717) is 0 Å². The minimum Gasteiger partial charge on any atom is -0.344 e. The Morgan fingerprint density at radius 1 is 1.48 bits per heavy atom. The van der Waals surface area contributed by atoms with E-state index in [-0.39, 0.29) is 12.1 Å². The summed E-state index contributed by atoms with van der Waals surface area (Å²) in [6.45, 7) is -0.128. The van der Waals surface area contributed by atoms with Crippen molar-refractivity contribution in [2.45, 2.75) is 30.6 Å². The second-order valence-corrected chi connectivity index (χ2v) is 5.52. The number of hydrogen-bond donors (Lipinski definition) is 3. The van der Waals surface area contributed by atoms with Crippen molar-refractivity contribution in [3.63, 3.8) is 0 Å². The van der Waals surface area contributed by atoms with Crippen LogP contribution >= 0.6 is 0 Å². The molecule has 1 heterocycles. The molecule has 12 heteroatoms. The average molecular weight is 332 g/mol. The molecule has 0 saturated carbocycles. The smallest absolute Gasteiger partial charge is 0.324 e. The number of primary sulfonamides is 1. The van der Waals surface area contributed by atoms with E-state index in [4.69, 9.17) is 5.14 Å². The van der Waals surface area contributed by atoms with Crippen molar-refractivity contribution in [3.05, 3.63) is 11.4 Å². The van der Waals surface area contributed by atoms with Gasteiger partial charge in [0.2, 0.25) is 10.0 Å². The van der Waals surface area contributed by atoms with Crippen molar-refractivity contribution >= 4 is 15.9 Å². The highest BCUT2D eigenvalue weighted by atomic mass is 32.2. The number of aryl methyl sites for hydroxylation is 1. The standard InChI is InChI=1S/C9H12F4N4O3S/c1-2-4-6(21(14,19)20)5(17-16-4)7(18)15-3-9(12,13)8(10)11/h8H,2-3H2,1H3,(H,15,18)(H,16,17)(H2,14,19,20). The lowest BCUT2D eigenvalue weighted by Crippen LogP contribution is -2.41. The van der Waals surface area contributed by atoms with Crippen molar-refractivity contribution in [3.8, 4) is 0 Å². The average Bonchev–Trinajstić information content (AvgIpc) is 2.79. The second kappa shape index (κ2) is 5.97. The Balaban J connectivity index is 3.02. The summed E-state index contributed by atoms with van der Waals surface area (Å²) in [5, 5.41) is 12.0. The van der Waals surface area contributed by atoms with Crippen LogP contribution in [0.4, 0.5) is 17.6 Å². The van der Waals surface area contributed by atoms with Gasteiger partial charge in [-0.15, -0.1) is 0 Å². The maximum atomic E-state index is 12.7. The summed E-state index contributed by atoms with van der Waals surface area (Å²) in [5.74, 6) is -5.79. The Labute approximate surface area is 116 Å². The zero-order valence-corrected chi connectivity index (χ0v) is 11.5. The number of rotatable bonds is 6. The Bertz CT molecular complexity index is 629. The molecule has 0 unspecified atom stereocenters. The van der Waals surface area contributed by atoms with Gasteiger partial charge in [0.05, 0.1) is 12.2 Å². The molecule has 7 nitrogen and oxygen atoms in total. The van der Waals surface area contributed by atoms with Crippen molar-refractivity contribution in [2.75, 3.05) is 6.54 Å². The van der Waals surface area contributed by atoms with E-state index < -0.39 is 45.4 Å². The highest BCUT2D eigenvalue weighted by Gasteiger charge is 2.41. The van der Waals surface area contributed by atoms with Crippen LogP contribution in [0.3, 0.4) is 0 Å². The first-order chi connectivity index (χ1) is 9.50. The number of carbonyl (C=O) groups excluding carboxylic acids is 1. The summed E-state index contributed by atoms with van der Waals surface area (Å²) in [6, 6.07) is 0. The SMILES string of the molecule is CCc1[nH]nc(C(=O)NCC(F)(F)C(F)F)c1S(N)(=O)=O. The van der Waals surface area contributed by atoms with E-state index in [1.807, 2.05) is 0 Å². The molecule has 0 aliphatic heterocycles. The molecule has 0 aromatic carbocycles. The zero-order valence-electron chi connectivity index (χ0n) is 10.7. The number of halogens is 4. The molecule has 0 aliphatic carbocycles. The molecule has 0 radical (unpaired) electrons. The summed E-state index contributed by atoms with van der Waals surface area (Å²) in [6.07, 6.45) is -3.85. The number of nitrogens with one attached hydrogen (secondary N) is 2. The van der Waals surface area contributed by atoms with Gasteiger partial charge in [0.1, 0.15) is 4.90 Å². The number of hydrogen-bond acceptors (Lipinski definition) is 4. The lowest BCUT2D eigenvalue weighted by atomic mass is 10.3. The van der Waals surface area contributed by atoms with Gasteiger partial charge in [0, 0.05) is 0 Å². The molecule has 1 aromatic rings. The minimum atomic E-state index is -4.44. The van der Waals surface area contributed by atoms with Crippen LogP contribution in [0, 0.1) is 0 Å². The molecule has 1 rings (SSSR count). The first-order valence-electron chi connectivity index (χ1n) is 5.55. The lowest BCUT2D eigenvalue weighted by molar-refractivity contribution is -0.123. The molecule has 1 amide bonds. The minimum absolute atomic E-state index is 0.00303. The van der Waals surface area contributed by atoms with Crippen LogP contribution in [-0.4, -0.2) is 43.4 Å². The number of amides is 1. The van der Waals surface area contributed by atoms with E-state index >= 15 is 0 Å². The summed E-state index contributed by atoms with van der Waals surface area (Å²) in [5.41, 5.74) is -0.748. The number of aromatic nitrogens is 2. The maximum absolute atomic E-state index is 12.7. The molecule has 120 valence electrons. The van der Waals surface area contributed by atoms with Gasteiger partial charge in [-0.25, -0.2) is 22.3 Å². The summed E-state index contributed by atoms with van der Waals surface area (Å²) < 4.78 is 72.0. The van der Waals surface area contributed by atoms with Gasteiger partial charge >= 0.3 is 12.3 Å². The first-order valence-corrected chi connectivity index (χ1v) is 7.09. The molecule has 0 atom stereocenters. The highest BCUT2D eigenvalue weighted by Crippen LogP contribution is 2.22. The fourth-order valence-corrected chi connectivity index (χ4v) is 2.37. The maximum Gasteiger partial charge on any atom is 0.324 e. The molecular weight excluding hydrogens is 320 g/mol. The Hall–Kier alpha value is -1.69. The van der Waals surface area contributed by atoms with E-state index in [0.717, 1.165) is 0 Å². The van der Waals surface area contributed by atoms with Gasteiger partial charge in [0.15, 0.2) is 5.69 Å². The van der Waals surface area contributed by atoms with Gasteiger partial charge in [-0.05, 0) is 6.42 Å². The number of sulfonamides is 1. The lowest BCUT2D eigenvalue weighted by Gasteiger charge is -2.15. The molecule has 0 saturated heterocycles. The van der Waals surface area contributed by atoms with Gasteiger partial charge in [0.25, 0.3) is 5.91 Å². The van der Waals surface area contributed by atoms with Crippen LogP contribution in [0.5, 0.6) is 0 Å². The second-order valence-electron chi connectivity index (χ2n) is 4.02. The van der Waals surface area contributed by atoms with Crippen LogP contribution in [0.15, 0.2) is 4.90 Å². The largest absolute Gasteiger partial charge is 0.344 e. The molecule has 0 fully saturated rings. The van der Waals surface area contributed by atoms with Gasteiger partial charge in [-0.2, -0.15) is 13.9 Å². The van der Waals surface area contributed by atoms with Crippen LogP contribution in [-0.2, 0) is 16.4 Å². The van der Waals surface area contributed by atoms with Crippen molar-refractivity contribution in [2.24, 2.45) is 5.14 Å². The summed E-state index contributed by atoms with van der Waals surface area (Å²) in [7, 11) is -4.34. The number of nitrogens with two attached hydrogens (primary N) is 1. The van der Waals surface area contributed by atoms with Crippen LogP contribution < -0.4 is 10.5 Å². The normalized spacial score (nSPS) is 12.7. The molecule has 1 aromatic heterocycles. The number of nitrogens with zero attached hydrogens (tertiary/aromatic N) is 1. The fourth-order valence-electron chi connectivity index (χ4n) is 1.43. The van der Waals surface area contributed by atoms with Gasteiger partial charge in [-0.1, -0.05) is 6.92 Å². The first kappa shape index (κ1) is 17.4. The number of carbonyl (C=O) groups is 1. The molecule has 0 bridgehead atoms. The van der Waals surface area contributed by atoms with Crippen molar-refractivity contribution in [1.29, 1.82) is 0 Å². The zero-order chi connectivity index (χ0) is 16.4. The van der Waals surface area contributed by atoms with Gasteiger partial charge < -0.3 is 5.32 Å². The van der Waals surface area contributed by atoms with Gasteiger partial charge in [-0.3, -0.25) is 9.89 Å². The molecule has 0 aliphatic rings. The van der Waals surface area contributed by atoms with Crippen LogP contribution in [0.2, 0.25) is 0 Å². The van der Waals surface area contributed by atoms with E-state index in [1.165, 1.54) is 12.2 Å². The quantitative estimate of drug-likeness (QED) is 0.647. The third-order valence-corrected chi connectivity index (χ3v) is 3.46. The Morgan fingerprint density at radius 2 is 2.05 bits per heavy atom. The van der Waals surface area contributed by atoms with E-state index in [9.17, 15) is 30.8 Å². The topological polar surface area (TPSA) is 118 Å². The molecule has 21 heavy (non-hydrogen) atoms. The summed E-state index contributed by atoms with van der Waals surface area (Å²) in [4.78, 5) is 11.0. The van der Waals surface area contributed by atoms with Crippen LogP contribution in [0.1, 0.15) is 23.1 Å². The third-order valence-electron chi connectivity index (χ3n) is 2.45.